The van der Waals surface area contributed by atoms with E-state index in [9.17, 15) is 8.42 Å². The van der Waals surface area contributed by atoms with Crippen molar-refractivity contribution in [3.63, 3.8) is 0 Å². The highest BCUT2D eigenvalue weighted by Gasteiger charge is 2.21. The lowest BCUT2D eigenvalue weighted by atomic mass is 10.2. The van der Waals surface area contributed by atoms with Gasteiger partial charge >= 0.3 is 0 Å². The number of hydrogen-bond donors (Lipinski definition) is 2. The Balaban J connectivity index is 2.26. The maximum atomic E-state index is 12.4. The van der Waals surface area contributed by atoms with Gasteiger partial charge in [0.15, 0.2) is 0 Å². The molecular weight excluding hydrogens is 308 g/mol. The van der Waals surface area contributed by atoms with Gasteiger partial charge in [-0.05, 0) is 38.5 Å². The maximum absolute atomic E-state index is 12.4. The Kier molecular flexibility index (Phi) is 4.77. The van der Waals surface area contributed by atoms with Crippen LogP contribution in [0.25, 0.3) is 0 Å². The molecule has 0 saturated carbocycles. The number of aliphatic hydroxyl groups excluding tert-OH is 1. The van der Waals surface area contributed by atoms with Gasteiger partial charge in [0.05, 0.1) is 28.2 Å². The van der Waals surface area contributed by atoms with Crippen LogP contribution in [0.1, 0.15) is 34.1 Å². The standard InChI is InChI=1S/C14H18N2O3S2/c1-9-14(20-11(3)15-9)10(2)16-21(18,19)13-6-4-5-12(7-13)8-17/h4-7,10,16-17H,8H2,1-3H3. The first-order valence-corrected chi connectivity index (χ1v) is 8.79. The van der Waals surface area contributed by atoms with Crippen molar-refractivity contribution in [1.29, 1.82) is 0 Å². The SMILES string of the molecule is Cc1nc(C)c(C(C)NS(=O)(=O)c2cccc(CO)c2)s1. The van der Waals surface area contributed by atoms with Gasteiger partial charge in [-0.2, -0.15) is 0 Å². The highest BCUT2D eigenvalue weighted by atomic mass is 32.2. The van der Waals surface area contributed by atoms with E-state index in [1.807, 2.05) is 13.8 Å². The van der Waals surface area contributed by atoms with Crippen LogP contribution in [0.2, 0.25) is 0 Å². The smallest absolute Gasteiger partial charge is 0.241 e. The van der Waals surface area contributed by atoms with Crippen molar-refractivity contribution in [3.8, 4) is 0 Å². The fourth-order valence-corrected chi connectivity index (χ4v) is 4.40. The summed E-state index contributed by atoms with van der Waals surface area (Å²) in [5.41, 5.74) is 1.41. The lowest BCUT2D eigenvalue weighted by Gasteiger charge is -2.14. The minimum Gasteiger partial charge on any atom is -0.392 e. The number of thiazole rings is 1. The molecule has 0 radical (unpaired) electrons. The fraction of sp³-hybridized carbons (Fsp3) is 0.357. The molecule has 2 aromatic rings. The zero-order chi connectivity index (χ0) is 15.6. The van der Waals surface area contributed by atoms with E-state index in [2.05, 4.69) is 9.71 Å². The summed E-state index contributed by atoms with van der Waals surface area (Å²) in [6, 6.07) is 5.93. The second-order valence-corrected chi connectivity index (χ2v) is 7.78. The molecule has 1 aromatic carbocycles. The molecule has 0 aliphatic heterocycles. The van der Waals surface area contributed by atoms with Gasteiger partial charge in [-0.1, -0.05) is 12.1 Å². The van der Waals surface area contributed by atoms with Crippen molar-refractivity contribution in [2.24, 2.45) is 0 Å². The molecule has 1 aromatic heterocycles. The molecule has 2 N–H and O–H groups in total. The molecule has 0 bridgehead atoms. The Labute approximate surface area is 128 Å². The molecule has 0 spiro atoms. The van der Waals surface area contributed by atoms with Crippen LogP contribution in [0.5, 0.6) is 0 Å². The summed E-state index contributed by atoms with van der Waals surface area (Å²) >= 11 is 1.49. The third-order valence-electron chi connectivity index (χ3n) is 3.06. The van der Waals surface area contributed by atoms with Gasteiger partial charge in [-0.3, -0.25) is 0 Å². The summed E-state index contributed by atoms with van der Waals surface area (Å²) in [5, 5.41) is 10.0. The topological polar surface area (TPSA) is 79.3 Å². The predicted molar refractivity (Wildman–Crippen MR) is 82.7 cm³/mol. The lowest BCUT2D eigenvalue weighted by molar-refractivity contribution is 0.281. The largest absolute Gasteiger partial charge is 0.392 e. The molecule has 1 atom stereocenters. The van der Waals surface area contributed by atoms with Crippen molar-refractivity contribution < 1.29 is 13.5 Å². The molecule has 0 amide bonds. The number of nitrogens with zero attached hydrogens (tertiary/aromatic N) is 1. The van der Waals surface area contributed by atoms with Crippen molar-refractivity contribution in [3.05, 3.63) is 45.4 Å². The van der Waals surface area contributed by atoms with E-state index in [1.165, 1.54) is 23.5 Å². The van der Waals surface area contributed by atoms with Gasteiger partial charge < -0.3 is 5.11 Å². The first kappa shape index (κ1) is 16.1. The molecule has 114 valence electrons. The minimum absolute atomic E-state index is 0.153. The van der Waals surface area contributed by atoms with Crippen LogP contribution < -0.4 is 4.72 Å². The average molecular weight is 326 g/mol. The van der Waals surface area contributed by atoms with E-state index >= 15 is 0 Å². The van der Waals surface area contributed by atoms with Crippen molar-refractivity contribution in [1.82, 2.24) is 9.71 Å². The monoisotopic (exact) mass is 326 g/mol. The summed E-state index contributed by atoms with van der Waals surface area (Å²) < 4.78 is 27.4. The van der Waals surface area contributed by atoms with E-state index in [-0.39, 0.29) is 17.5 Å². The maximum Gasteiger partial charge on any atom is 0.241 e. The van der Waals surface area contributed by atoms with E-state index in [0.717, 1.165) is 15.6 Å². The number of nitrogens with one attached hydrogen (secondary N) is 1. The van der Waals surface area contributed by atoms with E-state index in [1.54, 1.807) is 19.1 Å². The Bertz CT molecular complexity index is 738. The number of rotatable bonds is 5. The normalized spacial score (nSPS) is 13.3. The highest BCUT2D eigenvalue weighted by molar-refractivity contribution is 7.89. The van der Waals surface area contributed by atoms with Gasteiger partial charge in [-0.25, -0.2) is 18.1 Å². The Morgan fingerprint density at radius 3 is 2.67 bits per heavy atom. The third kappa shape index (κ3) is 3.68. The summed E-state index contributed by atoms with van der Waals surface area (Å²) in [5.74, 6) is 0. The van der Waals surface area contributed by atoms with Crippen molar-refractivity contribution in [2.45, 2.75) is 38.3 Å². The highest BCUT2D eigenvalue weighted by Crippen LogP contribution is 2.26. The summed E-state index contributed by atoms with van der Waals surface area (Å²) in [6.45, 7) is 5.38. The second-order valence-electron chi connectivity index (χ2n) is 4.83. The second kappa shape index (κ2) is 6.23. The van der Waals surface area contributed by atoms with Crippen LogP contribution in [0, 0.1) is 13.8 Å². The van der Waals surface area contributed by atoms with Gasteiger partial charge in [0, 0.05) is 4.88 Å². The number of sulfonamides is 1. The molecule has 0 aliphatic carbocycles. The summed E-state index contributed by atoms with van der Waals surface area (Å²) in [7, 11) is -3.63. The predicted octanol–water partition coefficient (Wildman–Crippen LogP) is 2.29. The van der Waals surface area contributed by atoms with Gasteiger partial charge in [0.1, 0.15) is 0 Å². The number of aromatic nitrogens is 1. The average Bonchev–Trinajstić information content (AvgIpc) is 2.77. The third-order valence-corrected chi connectivity index (χ3v) is 5.85. The van der Waals surface area contributed by atoms with Crippen molar-refractivity contribution in [2.75, 3.05) is 0 Å². The molecular formula is C14H18N2O3S2. The van der Waals surface area contributed by atoms with Crippen LogP contribution in [-0.4, -0.2) is 18.5 Å². The first-order chi connectivity index (χ1) is 9.83. The molecule has 1 unspecified atom stereocenters. The quantitative estimate of drug-likeness (QED) is 0.883. The Hall–Kier alpha value is -1.28. The summed E-state index contributed by atoms with van der Waals surface area (Å²) in [4.78, 5) is 5.38. The Morgan fingerprint density at radius 2 is 2.10 bits per heavy atom. The van der Waals surface area contributed by atoms with Crippen LogP contribution in [0.4, 0.5) is 0 Å². The summed E-state index contributed by atoms with van der Waals surface area (Å²) in [6.07, 6.45) is 0. The van der Waals surface area contributed by atoms with Crippen LogP contribution in [0.3, 0.4) is 0 Å². The fourth-order valence-electron chi connectivity index (χ4n) is 2.11. The number of aliphatic hydroxyl groups is 1. The van der Waals surface area contributed by atoms with Crippen LogP contribution in [-0.2, 0) is 16.6 Å². The zero-order valence-corrected chi connectivity index (χ0v) is 13.8. The van der Waals surface area contributed by atoms with Gasteiger partial charge in [-0.15, -0.1) is 11.3 Å². The van der Waals surface area contributed by atoms with E-state index < -0.39 is 10.0 Å². The molecule has 7 heteroatoms. The number of hydrogen-bond acceptors (Lipinski definition) is 5. The molecule has 0 aliphatic rings. The first-order valence-electron chi connectivity index (χ1n) is 6.49. The molecule has 0 saturated heterocycles. The van der Waals surface area contributed by atoms with Crippen LogP contribution >= 0.6 is 11.3 Å². The van der Waals surface area contributed by atoms with Gasteiger partial charge in [0.2, 0.25) is 10.0 Å². The molecule has 5 nitrogen and oxygen atoms in total. The molecule has 21 heavy (non-hydrogen) atoms. The van der Waals surface area contributed by atoms with Crippen LogP contribution in [0.15, 0.2) is 29.2 Å². The van der Waals surface area contributed by atoms with Crippen molar-refractivity contribution >= 4 is 21.4 Å². The van der Waals surface area contributed by atoms with E-state index in [4.69, 9.17) is 5.11 Å². The van der Waals surface area contributed by atoms with E-state index in [0.29, 0.717) is 5.56 Å². The molecule has 2 rings (SSSR count). The molecule has 0 fully saturated rings. The molecule has 1 heterocycles. The number of benzene rings is 1. The lowest BCUT2D eigenvalue weighted by Crippen LogP contribution is -2.26. The zero-order valence-electron chi connectivity index (χ0n) is 12.1. The van der Waals surface area contributed by atoms with Gasteiger partial charge in [0.25, 0.3) is 0 Å². The Morgan fingerprint density at radius 1 is 1.38 bits per heavy atom. The minimum atomic E-state index is -3.63. The number of aryl methyl sites for hydroxylation is 2.